The molecule has 0 aliphatic rings. The number of phosphoric acid groups is 2. The second kappa shape index (κ2) is 78.0. The van der Waals surface area contributed by atoms with Crippen molar-refractivity contribution in [3.63, 3.8) is 0 Å². The molecule has 4 unspecified atom stereocenters. The van der Waals surface area contributed by atoms with Crippen molar-refractivity contribution < 1.29 is 80.2 Å². The molecular formula is C88H172O17P2. The minimum absolute atomic E-state index is 0.107. The van der Waals surface area contributed by atoms with Gasteiger partial charge in [-0.05, 0) is 43.4 Å². The second-order valence-corrected chi connectivity index (χ2v) is 35.5. The fraction of sp³-hybridized carbons (Fsp3) is 0.955. The van der Waals surface area contributed by atoms with E-state index >= 15 is 0 Å². The minimum atomic E-state index is -4.97. The molecule has 0 bridgehead atoms. The summed E-state index contributed by atoms with van der Waals surface area (Å²) in [6, 6.07) is 0. The zero-order valence-electron chi connectivity index (χ0n) is 70.6. The van der Waals surface area contributed by atoms with Gasteiger partial charge >= 0.3 is 39.5 Å². The number of aliphatic hydroxyl groups excluding tert-OH is 1. The standard InChI is InChI=1S/C88H172O17P2/c1-8-11-12-13-45-55-62-69-85(90)98-75-83(104-87(92)72-65-58-51-44-38-32-26-27-33-39-46-52-59-66-79(4)5)77-102-106(94,95)100-73-82(89)74-101-107(96,97)103-78-84(105-88(93)71-64-57-50-43-37-31-25-21-17-15-19-23-29-35-41-48-54-61-68-81(7)10-3)76-99-86(91)70-63-56-49-42-36-30-24-20-16-14-18-22-28-34-40-47-53-60-67-80(6)9-2/h79-84,89H,8-78H2,1-7H3,(H,94,95)(H,96,97)/t80?,81?,82-,83+,84+/m0/s1. The number of carbonyl (C=O) groups is 4. The Morgan fingerprint density at radius 1 is 0.271 bits per heavy atom. The third kappa shape index (κ3) is 79.1. The average Bonchev–Trinajstić information content (AvgIpc) is 0.902. The first-order chi connectivity index (χ1) is 51.8. The van der Waals surface area contributed by atoms with Crippen LogP contribution in [0.25, 0.3) is 0 Å². The van der Waals surface area contributed by atoms with Gasteiger partial charge in [0.05, 0.1) is 26.4 Å². The van der Waals surface area contributed by atoms with Crippen LogP contribution in [0.1, 0.15) is 466 Å². The van der Waals surface area contributed by atoms with E-state index in [1.165, 1.54) is 263 Å². The van der Waals surface area contributed by atoms with Gasteiger partial charge in [-0.3, -0.25) is 37.3 Å². The van der Waals surface area contributed by atoms with Crippen LogP contribution < -0.4 is 0 Å². The highest BCUT2D eigenvalue weighted by Gasteiger charge is 2.31. The molecule has 0 radical (unpaired) electrons. The lowest BCUT2D eigenvalue weighted by Crippen LogP contribution is -2.30. The van der Waals surface area contributed by atoms with E-state index in [0.717, 1.165) is 120 Å². The van der Waals surface area contributed by atoms with Crippen molar-refractivity contribution in [2.75, 3.05) is 39.6 Å². The molecule has 0 saturated heterocycles. The lowest BCUT2D eigenvalue weighted by atomic mass is 9.99. The Morgan fingerprint density at radius 2 is 0.477 bits per heavy atom. The van der Waals surface area contributed by atoms with Crippen LogP contribution in [0.15, 0.2) is 0 Å². The molecule has 0 fully saturated rings. The third-order valence-corrected chi connectivity index (χ3v) is 23.3. The van der Waals surface area contributed by atoms with Crippen LogP contribution in [-0.4, -0.2) is 96.7 Å². The molecule has 0 aromatic carbocycles. The Bertz CT molecular complexity index is 2060. The zero-order valence-corrected chi connectivity index (χ0v) is 72.4. The summed E-state index contributed by atoms with van der Waals surface area (Å²) >= 11 is 0. The molecule has 636 valence electrons. The maximum absolute atomic E-state index is 13.2. The van der Waals surface area contributed by atoms with E-state index in [-0.39, 0.29) is 25.7 Å². The van der Waals surface area contributed by atoms with Crippen LogP contribution in [0.3, 0.4) is 0 Å². The molecule has 7 atom stereocenters. The first kappa shape index (κ1) is 105. The Balaban J connectivity index is 5.16. The topological polar surface area (TPSA) is 237 Å². The highest BCUT2D eigenvalue weighted by Crippen LogP contribution is 2.45. The molecule has 17 nitrogen and oxygen atoms in total. The van der Waals surface area contributed by atoms with Gasteiger partial charge in [-0.1, -0.05) is 414 Å². The van der Waals surface area contributed by atoms with Crippen LogP contribution in [0.4, 0.5) is 0 Å². The number of hydrogen-bond acceptors (Lipinski definition) is 15. The summed E-state index contributed by atoms with van der Waals surface area (Å²) < 4.78 is 68.8. The van der Waals surface area contributed by atoms with E-state index in [2.05, 4.69) is 48.5 Å². The maximum atomic E-state index is 13.2. The van der Waals surface area contributed by atoms with Gasteiger partial charge in [0.1, 0.15) is 19.3 Å². The monoisotopic (exact) mass is 1560 g/mol. The molecule has 0 saturated carbocycles. The predicted octanol–water partition coefficient (Wildman–Crippen LogP) is 26.9. The summed E-state index contributed by atoms with van der Waals surface area (Å²) in [4.78, 5) is 73.1. The molecule has 19 heteroatoms. The Morgan fingerprint density at radius 3 is 0.710 bits per heavy atom. The van der Waals surface area contributed by atoms with Gasteiger partial charge in [-0.2, -0.15) is 0 Å². The third-order valence-electron chi connectivity index (χ3n) is 21.4. The van der Waals surface area contributed by atoms with Gasteiger partial charge in [0.15, 0.2) is 12.2 Å². The number of aliphatic hydroxyl groups is 1. The fourth-order valence-electron chi connectivity index (χ4n) is 13.7. The summed E-state index contributed by atoms with van der Waals surface area (Å²) in [6.45, 7) is 12.1. The van der Waals surface area contributed by atoms with Gasteiger partial charge < -0.3 is 33.8 Å². The molecule has 0 amide bonds. The van der Waals surface area contributed by atoms with Crippen molar-refractivity contribution in [1.82, 2.24) is 0 Å². The number of ether oxygens (including phenoxy) is 4. The fourth-order valence-corrected chi connectivity index (χ4v) is 15.2. The van der Waals surface area contributed by atoms with Crippen LogP contribution in [-0.2, 0) is 65.4 Å². The van der Waals surface area contributed by atoms with E-state index in [1.807, 2.05) is 0 Å². The molecule has 0 rings (SSSR count). The molecule has 0 aromatic heterocycles. The van der Waals surface area contributed by atoms with Crippen LogP contribution in [0.2, 0.25) is 0 Å². The lowest BCUT2D eigenvalue weighted by molar-refractivity contribution is -0.161. The van der Waals surface area contributed by atoms with Crippen LogP contribution in [0.5, 0.6) is 0 Å². The van der Waals surface area contributed by atoms with Crippen molar-refractivity contribution in [2.45, 2.75) is 484 Å². The summed E-state index contributed by atoms with van der Waals surface area (Å²) in [7, 11) is -9.92. The number of carbonyl (C=O) groups excluding carboxylic acids is 4. The van der Waals surface area contributed by atoms with Crippen molar-refractivity contribution in [3.05, 3.63) is 0 Å². The summed E-state index contributed by atoms with van der Waals surface area (Å²) in [6.07, 6.45) is 69.6. The van der Waals surface area contributed by atoms with Gasteiger partial charge in [0.25, 0.3) is 0 Å². The van der Waals surface area contributed by atoms with Gasteiger partial charge in [-0.25, -0.2) is 9.13 Å². The average molecular weight is 1560 g/mol. The molecule has 0 aromatic rings. The summed E-state index contributed by atoms with van der Waals surface area (Å²) in [5.74, 6) is 0.424. The number of phosphoric ester groups is 2. The van der Waals surface area contributed by atoms with Crippen molar-refractivity contribution >= 4 is 39.5 Å². The normalized spacial score (nSPS) is 14.3. The smallest absolute Gasteiger partial charge is 0.462 e. The Labute approximate surface area is 658 Å². The molecular weight excluding hydrogens is 1390 g/mol. The van der Waals surface area contributed by atoms with Gasteiger partial charge in [0, 0.05) is 25.7 Å². The molecule has 107 heavy (non-hydrogen) atoms. The first-order valence-electron chi connectivity index (χ1n) is 45.4. The number of rotatable bonds is 86. The number of hydrogen-bond donors (Lipinski definition) is 3. The molecule has 0 heterocycles. The highest BCUT2D eigenvalue weighted by atomic mass is 31.2. The molecule has 0 aliphatic heterocycles. The van der Waals surface area contributed by atoms with E-state index in [1.54, 1.807) is 0 Å². The van der Waals surface area contributed by atoms with Crippen molar-refractivity contribution in [2.24, 2.45) is 17.8 Å². The molecule has 3 N–H and O–H groups in total. The van der Waals surface area contributed by atoms with E-state index in [9.17, 15) is 43.2 Å². The predicted molar refractivity (Wildman–Crippen MR) is 441 cm³/mol. The Kier molecular flexibility index (Phi) is 76.6. The van der Waals surface area contributed by atoms with E-state index in [4.69, 9.17) is 37.0 Å². The van der Waals surface area contributed by atoms with Gasteiger partial charge in [-0.15, -0.1) is 0 Å². The maximum Gasteiger partial charge on any atom is 0.472 e. The number of unbranched alkanes of at least 4 members (excludes halogenated alkanes) is 52. The zero-order chi connectivity index (χ0) is 78.6. The van der Waals surface area contributed by atoms with Crippen LogP contribution >= 0.6 is 15.6 Å². The lowest BCUT2D eigenvalue weighted by Gasteiger charge is -2.21. The minimum Gasteiger partial charge on any atom is -0.462 e. The largest absolute Gasteiger partial charge is 0.472 e. The first-order valence-corrected chi connectivity index (χ1v) is 48.4. The van der Waals surface area contributed by atoms with Gasteiger partial charge in [0.2, 0.25) is 0 Å². The van der Waals surface area contributed by atoms with Crippen molar-refractivity contribution in [1.29, 1.82) is 0 Å². The summed E-state index contributed by atoms with van der Waals surface area (Å²) in [5, 5.41) is 10.7. The molecule has 0 spiro atoms. The SMILES string of the molecule is CCCCCCCCCC(=O)OC[C@H](COP(=O)(O)OC[C@H](O)COP(=O)(O)OC[C@@H](COC(=O)CCCCCCCCCCCCCCCCCCCCC(C)CC)OC(=O)CCCCCCCCCCCCCCCCCCCCC(C)CC)OC(=O)CCCCCCCCCCCCCCCC(C)C. The van der Waals surface area contributed by atoms with Crippen LogP contribution in [0, 0.1) is 17.8 Å². The van der Waals surface area contributed by atoms with E-state index in [0.29, 0.717) is 25.7 Å². The quantitative estimate of drug-likeness (QED) is 0.0222. The second-order valence-electron chi connectivity index (χ2n) is 32.6. The van der Waals surface area contributed by atoms with Crippen molar-refractivity contribution in [3.8, 4) is 0 Å². The number of esters is 4. The van der Waals surface area contributed by atoms with E-state index < -0.39 is 97.5 Å². The molecule has 0 aliphatic carbocycles. The highest BCUT2D eigenvalue weighted by molar-refractivity contribution is 7.47. The Hall–Kier alpha value is -1.94. The summed E-state index contributed by atoms with van der Waals surface area (Å²) in [5.41, 5.74) is 0.